The van der Waals surface area contributed by atoms with E-state index in [1.54, 1.807) is 0 Å². The molecule has 0 spiro atoms. The van der Waals surface area contributed by atoms with Crippen molar-refractivity contribution in [3.63, 3.8) is 0 Å². The first-order valence-electron chi connectivity index (χ1n) is 8.38. The minimum Gasteiger partial charge on any atom is -0.377 e. The molecule has 1 aromatic rings. The van der Waals surface area contributed by atoms with Crippen LogP contribution in [0.2, 0.25) is 0 Å². The number of ether oxygens (including phenoxy) is 1. The minimum atomic E-state index is 0. The van der Waals surface area contributed by atoms with Gasteiger partial charge in [0.2, 0.25) is 0 Å². The standard InChI is InChI=1S/C17H29N5O.HI/c1-5-18-17(19-9-6-15-7-10-23-11-8-15)20-12-16-13(2)21-22(4)14(16)3;/h7H,5-6,8-12H2,1-4H3,(H2,18,19,20);1H. The van der Waals surface area contributed by atoms with E-state index in [1.807, 2.05) is 18.7 Å². The highest BCUT2D eigenvalue weighted by Crippen LogP contribution is 2.13. The summed E-state index contributed by atoms with van der Waals surface area (Å²) in [5.74, 6) is 0.864. The quantitative estimate of drug-likeness (QED) is 0.305. The molecule has 0 fully saturated rings. The van der Waals surface area contributed by atoms with Crippen molar-refractivity contribution in [3.8, 4) is 0 Å². The van der Waals surface area contributed by atoms with Gasteiger partial charge in [0.15, 0.2) is 5.96 Å². The van der Waals surface area contributed by atoms with Crippen LogP contribution in [-0.4, -0.2) is 42.0 Å². The second kappa shape index (κ2) is 10.7. The Bertz CT molecular complexity index is 580. The number of hydrogen-bond acceptors (Lipinski definition) is 3. The third kappa shape index (κ3) is 6.08. The molecule has 1 aliphatic heterocycles. The van der Waals surface area contributed by atoms with Gasteiger partial charge in [0, 0.05) is 31.4 Å². The monoisotopic (exact) mass is 447 g/mol. The van der Waals surface area contributed by atoms with Crippen molar-refractivity contribution in [2.45, 2.75) is 40.2 Å². The number of nitrogens with one attached hydrogen (secondary N) is 2. The molecule has 0 saturated heterocycles. The fourth-order valence-electron chi connectivity index (χ4n) is 2.68. The average molecular weight is 447 g/mol. The van der Waals surface area contributed by atoms with Crippen molar-refractivity contribution in [3.05, 3.63) is 28.6 Å². The normalized spacial score (nSPS) is 14.8. The van der Waals surface area contributed by atoms with E-state index in [2.05, 4.69) is 35.7 Å². The zero-order valence-corrected chi connectivity index (χ0v) is 17.5. The fourth-order valence-corrected chi connectivity index (χ4v) is 2.68. The minimum absolute atomic E-state index is 0. The topological polar surface area (TPSA) is 63.5 Å². The summed E-state index contributed by atoms with van der Waals surface area (Å²) in [6.07, 6.45) is 4.28. The second-order valence-electron chi connectivity index (χ2n) is 5.83. The molecule has 0 bridgehead atoms. The van der Waals surface area contributed by atoms with Crippen molar-refractivity contribution >= 4 is 29.9 Å². The first kappa shape index (κ1) is 21.0. The van der Waals surface area contributed by atoms with Crippen molar-refractivity contribution in [1.82, 2.24) is 20.4 Å². The van der Waals surface area contributed by atoms with E-state index in [0.717, 1.165) is 50.8 Å². The summed E-state index contributed by atoms with van der Waals surface area (Å²) >= 11 is 0. The van der Waals surface area contributed by atoms with Gasteiger partial charge < -0.3 is 15.4 Å². The van der Waals surface area contributed by atoms with Crippen LogP contribution in [0, 0.1) is 13.8 Å². The van der Waals surface area contributed by atoms with Crippen molar-refractivity contribution in [2.75, 3.05) is 26.3 Å². The largest absolute Gasteiger partial charge is 0.377 e. The van der Waals surface area contributed by atoms with E-state index >= 15 is 0 Å². The first-order valence-corrected chi connectivity index (χ1v) is 8.38. The Labute approximate surface area is 162 Å². The van der Waals surface area contributed by atoms with Gasteiger partial charge >= 0.3 is 0 Å². The predicted octanol–water partition coefficient (Wildman–Crippen LogP) is 2.45. The number of guanidine groups is 1. The molecule has 7 heteroatoms. The highest BCUT2D eigenvalue weighted by atomic mass is 127. The molecule has 0 unspecified atom stereocenters. The number of aromatic nitrogens is 2. The Morgan fingerprint density at radius 3 is 2.75 bits per heavy atom. The van der Waals surface area contributed by atoms with Crippen LogP contribution in [0.4, 0.5) is 0 Å². The zero-order valence-electron chi connectivity index (χ0n) is 15.2. The molecule has 0 saturated carbocycles. The Kier molecular flexibility index (Phi) is 9.35. The maximum absolute atomic E-state index is 5.34. The van der Waals surface area contributed by atoms with Gasteiger partial charge in [-0.15, -0.1) is 24.0 Å². The highest BCUT2D eigenvalue weighted by Gasteiger charge is 2.09. The van der Waals surface area contributed by atoms with Crippen LogP contribution in [0.1, 0.15) is 36.7 Å². The molecule has 136 valence electrons. The molecule has 24 heavy (non-hydrogen) atoms. The van der Waals surface area contributed by atoms with Gasteiger partial charge in [-0.3, -0.25) is 4.68 Å². The van der Waals surface area contributed by atoms with E-state index in [9.17, 15) is 0 Å². The lowest BCUT2D eigenvalue weighted by atomic mass is 10.1. The van der Waals surface area contributed by atoms with Crippen LogP contribution < -0.4 is 10.6 Å². The number of aliphatic imine (C=N–C) groups is 1. The molecule has 0 amide bonds. The molecule has 6 nitrogen and oxygen atoms in total. The van der Waals surface area contributed by atoms with Crippen LogP contribution in [0.3, 0.4) is 0 Å². The van der Waals surface area contributed by atoms with Crippen molar-refractivity contribution in [1.29, 1.82) is 0 Å². The zero-order chi connectivity index (χ0) is 16.7. The van der Waals surface area contributed by atoms with Crippen molar-refractivity contribution < 1.29 is 4.74 Å². The van der Waals surface area contributed by atoms with Gasteiger partial charge in [0.05, 0.1) is 25.5 Å². The Morgan fingerprint density at radius 1 is 1.38 bits per heavy atom. The summed E-state index contributed by atoms with van der Waals surface area (Å²) in [5.41, 5.74) is 4.90. The van der Waals surface area contributed by atoms with E-state index in [0.29, 0.717) is 6.54 Å². The molecule has 0 aromatic carbocycles. The molecule has 0 atom stereocenters. The Balaban J connectivity index is 0.00000288. The molecular formula is C17H30IN5O. The Hall–Kier alpha value is -1.09. The van der Waals surface area contributed by atoms with Gasteiger partial charge in [0.25, 0.3) is 0 Å². The van der Waals surface area contributed by atoms with E-state index in [1.165, 1.54) is 16.8 Å². The van der Waals surface area contributed by atoms with Gasteiger partial charge in [-0.05, 0) is 33.6 Å². The van der Waals surface area contributed by atoms with E-state index < -0.39 is 0 Å². The third-order valence-electron chi connectivity index (χ3n) is 4.19. The maximum atomic E-state index is 5.34. The van der Waals surface area contributed by atoms with Crippen molar-refractivity contribution in [2.24, 2.45) is 12.0 Å². The molecule has 2 rings (SSSR count). The second-order valence-corrected chi connectivity index (χ2v) is 5.83. The molecule has 1 aromatic heterocycles. The molecule has 2 N–H and O–H groups in total. The summed E-state index contributed by atoms with van der Waals surface area (Å²) < 4.78 is 7.25. The summed E-state index contributed by atoms with van der Waals surface area (Å²) in [5, 5.41) is 11.2. The summed E-state index contributed by atoms with van der Waals surface area (Å²) in [6.45, 7) is 10.2. The molecule has 0 aliphatic carbocycles. The number of hydrogen-bond donors (Lipinski definition) is 2. The third-order valence-corrected chi connectivity index (χ3v) is 4.19. The average Bonchev–Trinajstić information content (AvgIpc) is 2.79. The van der Waals surface area contributed by atoms with Crippen LogP contribution in [-0.2, 0) is 18.3 Å². The number of halogens is 1. The smallest absolute Gasteiger partial charge is 0.191 e. The highest BCUT2D eigenvalue weighted by molar-refractivity contribution is 14.0. The van der Waals surface area contributed by atoms with E-state index in [4.69, 9.17) is 9.73 Å². The first-order chi connectivity index (χ1) is 11.1. The number of aryl methyl sites for hydroxylation is 2. The molecular weight excluding hydrogens is 417 g/mol. The number of rotatable bonds is 6. The fraction of sp³-hybridized carbons (Fsp3) is 0.647. The lowest BCUT2D eigenvalue weighted by Gasteiger charge is -2.15. The Morgan fingerprint density at radius 2 is 2.17 bits per heavy atom. The summed E-state index contributed by atoms with van der Waals surface area (Å²) in [6, 6.07) is 0. The van der Waals surface area contributed by atoms with Crippen LogP contribution >= 0.6 is 24.0 Å². The summed E-state index contributed by atoms with van der Waals surface area (Å²) in [7, 11) is 1.97. The SMILES string of the molecule is CCNC(=NCc1c(C)nn(C)c1C)NCCC1=CCOCC1.I. The molecule has 0 radical (unpaired) electrons. The predicted molar refractivity (Wildman–Crippen MR) is 109 cm³/mol. The molecule has 1 aliphatic rings. The number of nitrogens with zero attached hydrogens (tertiary/aromatic N) is 3. The van der Waals surface area contributed by atoms with Gasteiger partial charge in [-0.2, -0.15) is 5.10 Å². The van der Waals surface area contributed by atoms with E-state index in [-0.39, 0.29) is 24.0 Å². The van der Waals surface area contributed by atoms with Gasteiger partial charge in [-0.25, -0.2) is 4.99 Å². The van der Waals surface area contributed by atoms with Gasteiger partial charge in [0.1, 0.15) is 0 Å². The maximum Gasteiger partial charge on any atom is 0.191 e. The lowest BCUT2D eigenvalue weighted by molar-refractivity contribution is 0.153. The van der Waals surface area contributed by atoms with Crippen LogP contribution in [0.5, 0.6) is 0 Å². The van der Waals surface area contributed by atoms with Crippen LogP contribution in [0.15, 0.2) is 16.6 Å². The van der Waals surface area contributed by atoms with Gasteiger partial charge in [-0.1, -0.05) is 11.6 Å². The summed E-state index contributed by atoms with van der Waals surface area (Å²) in [4.78, 5) is 4.70. The lowest BCUT2D eigenvalue weighted by Crippen LogP contribution is -2.38. The van der Waals surface area contributed by atoms with Crippen LogP contribution in [0.25, 0.3) is 0 Å². The molecule has 2 heterocycles.